The van der Waals surface area contributed by atoms with Crippen LogP contribution in [0.2, 0.25) is 0 Å². The lowest BCUT2D eigenvalue weighted by Crippen LogP contribution is -1.82. The van der Waals surface area contributed by atoms with Crippen LogP contribution in [0.25, 0.3) is 11.4 Å². The molecule has 0 amide bonds. The van der Waals surface area contributed by atoms with Gasteiger partial charge in [-0.2, -0.15) is 4.98 Å². The predicted octanol–water partition coefficient (Wildman–Crippen LogP) is 3.22. The molecule has 2 aromatic rings. The second-order valence-corrected chi connectivity index (χ2v) is 4.99. The highest BCUT2D eigenvalue weighted by atomic mass is 127. The van der Waals surface area contributed by atoms with Gasteiger partial charge >= 0.3 is 0 Å². The van der Waals surface area contributed by atoms with Gasteiger partial charge in [0.1, 0.15) is 0 Å². The SMILES string of the molecule is Ic1cccc(-c2noc(C3CC3)n2)c1. The van der Waals surface area contributed by atoms with Crippen LogP contribution < -0.4 is 0 Å². The van der Waals surface area contributed by atoms with E-state index in [4.69, 9.17) is 4.52 Å². The largest absolute Gasteiger partial charge is 0.339 e. The fourth-order valence-corrected chi connectivity index (χ4v) is 2.02. The minimum Gasteiger partial charge on any atom is -0.339 e. The van der Waals surface area contributed by atoms with E-state index in [-0.39, 0.29) is 0 Å². The van der Waals surface area contributed by atoms with Gasteiger partial charge in [-0.25, -0.2) is 0 Å². The van der Waals surface area contributed by atoms with E-state index in [9.17, 15) is 0 Å². The molecule has 1 aliphatic rings. The van der Waals surface area contributed by atoms with E-state index in [2.05, 4.69) is 38.8 Å². The quantitative estimate of drug-likeness (QED) is 0.799. The topological polar surface area (TPSA) is 38.9 Å². The summed E-state index contributed by atoms with van der Waals surface area (Å²) in [6, 6.07) is 8.11. The van der Waals surface area contributed by atoms with Crippen LogP contribution in [0.15, 0.2) is 28.8 Å². The third-order valence-corrected chi connectivity index (χ3v) is 3.12. The van der Waals surface area contributed by atoms with Gasteiger partial charge in [-0.1, -0.05) is 17.3 Å². The van der Waals surface area contributed by atoms with Crippen molar-refractivity contribution in [1.82, 2.24) is 10.1 Å². The zero-order valence-corrected chi connectivity index (χ0v) is 10.1. The molecule has 0 N–H and O–H groups in total. The Morgan fingerprint density at radius 3 is 2.93 bits per heavy atom. The van der Waals surface area contributed by atoms with Crippen molar-refractivity contribution in [1.29, 1.82) is 0 Å². The molecule has 3 nitrogen and oxygen atoms in total. The van der Waals surface area contributed by atoms with Crippen LogP contribution in [0.4, 0.5) is 0 Å². The first-order valence-electron chi connectivity index (χ1n) is 4.92. The van der Waals surface area contributed by atoms with Crippen LogP contribution in [0.3, 0.4) is 0 Å². The van der Waals surface area contributed by atoms with Crippen molar-refractivity contribution in [3.63, 3.8) is 0 Å². The Balaban J connectivity index is 1.97. The van der Waals surface area contributed by atoms with Gasteiger partial charge in [-0.3, -0.25) is 0 Å². The van der Waals surface area contributed by atoms with E-state index < -0.39 is 0 Å². The number of benzene rings is 1. The molecule has 0 bridgehead atoms. The summed E-state index contributed by atoms with van der Waals surface area (Å²) in [7, 11) is 0. The van der Waals surface area contributed by atoms with E-state index in [1.807, 2.05) is 18.2 Å². The minimum atomic E-state index is 0.522. The van der Waals surface area contributed by atoms with Crippen molar-refractivity contribution >= 4 is 22.6 Å². The average molecular weight is 312 g/mol. The molecule has 3 rings (SSSR count). The molecular formula is C11H9IN2O. The first-order chi connectivity index (χ1) is 7.33. The molecule has 1 heterocycles. The Labute approximate surface area is 101 Å². The molecule has 1 saturated carbocycles. The normalized spacial score (nSPS) is 15.5. The Bertz CT molecular complexity index is 491. The molecule has 76 valence electrons. The molecule has 0 unspecified atom stereocenters. The van der Waals surface area contributed by atoms with Gasteiger partial charge in [0.25, 0.3) is 0 Å². The number of hydrogen-bond acceptors (Lipinski definition) is 3. The molecule has 1 aliphatic carbocycles. The molecule has 0 saturated heterocycles. The van der Waals surface area contributed by atoms with E-state index in [0.717, 1.165) is 11.5 Å². The Morgan fingerprint density at radius 2 is 2.20 bits per heavy atom. The fraction of sp³-hybridized carbons (Fsp3) is 0.273. The molecule has 1 fully saturated rings. The van der Waals surface area contributed by atoms with Crippen LogP contribution in [-0.2, 0) is 0 Å². The molecule has 1 aromatic carbocycles. The molecule has 0 spiro atoms. The summed E-state index contributed by atoms with van der Waals surface area (Å²) >= 11 is 2.28. The monoisotopic (exact) mass is 312 g/mol. The van der Waals surface area contributed by atoms with Gasteiger partial charge in [-0.05, 0) is 47.6 Å². The summed E-state index contributed by atoms with van der Waals surface area (Å²) in [5.41, 5.74) is 1.03. The lowest BCUT2D eigenvalue weighted by Gasteiger charge is -1.93. The Hall–Kier alpha value is -0.910. The van der Waals surface area contributed by atoms with Gasteiger partial charge in [0.05, 0.1) is 0 Å². The van der Waals surface area contributed by atoms with E-state index >= 15 is 0 Å². The highest BCUT2D eigenvalue weighted by Crippen LogP contribution is 2.39. The second-order valence-electron chi connectivity index (χ2n) is 3.74. The van der Waals surface area contributed by atoms with E-state index in [0.29, 0.717) is 11.7 Å². The molecule has 0 aliphatic heterocycles. The first-order valence-corrected chi connectivity index (χ1v) is 6.00. The van der Waals surface area contributed by atoms with Crippen molar-refractivity contribution in [2.75, 3.05) is 0 Å². The van der Waals surface area contributed by atoms with Crippen LogP contribution >= 0.6 is 22.6 Å². The second kappa shape index (κ2) is 3.59. The van der Waals surface area contributed by atoms with Gasteiger partial charge in [0.2, 0.25) is 11.7 Å². The van der Waals surface area contributed by atoms with Crippen molar-refractivity contribution in [3.8, 4) is 11.4 Å². The smallest absolute Gasteiger partial charge is 0.230 e. The lowest BCUT2D eigenvalue weighted by molar-refractivity contribution is 0.380. The van der Waals surface area contributed by atoms with Crippen LogP contribution in [0, 0.1) is 3.57 Å². The molecule has 0 atom stereocenters. The molecule has 1 aromatic heterocycles. The number of rotatable bonds is 2. The molecule has 15 heavy (non-hydrogen) atoms. The number of hydrogen-bond donors (Lipinski definition) is 0. The summed E-state index contributed by atoms with van der Waals surface area (Å²) in [5.74, 6) is 2.02. The zero-order chi connectivity index (χ0) is 10.3. The van der Waals surface area contributed by atoms with E-state index in [1.54, 1.807) is 0 Å². The standard InChI is InChI=1S/C11H9IN2O/c12-9-3-1-2-8(6-9)10-13-11(15-14-10)7-4-5-7/h1-3,6-7H,4-5H2. The van der Waals surface area contributed by atoms with Gasteiger partial charge in [0.15, 0.2) is 0 Å². The highest BCUT2D eigenvalue weighted by molar-refractivity contribution is 14.1. The molecule has 0 radical (unpaired) electrons. The van der Waals surface area contributed by atoms with Crippen LogP contribution in [-0.4, -0.2) is 10.1 Å². The maximum atomic E-state index is 5.22. The third-order valence-electron chi connectivity index (χ3n) is 2.45. The van der Waals surface area contributed by atoms with Crippen molar-refractivity contribution in [2.45, 2.75) is 18.8 Å². The van der Waals surface area contributed by atoms with Gasteiger partial charge in [-0.15, -0.1) is 0 Å². The average Bonchev–Trinajstić information content (AvgIpc) is 2.97. The maximum absolute atomic E-state index is 5.22. The molecule has 4 heteroatoms. The van der Waals surface area contributed by atoms with Crippen molar-refractivity contribution in [3.05, 3.63) is 33.7 Å². The van der Waals surface area contributed by atoms with E-state index in [1.165, 1.54) is 16.4 Å². The number of nitrogens with zero attached hydrogens (tertiary/aromatic N) is 2. The van der Waals surface area contributed by atoms with Gasteiger partial charge < -0.3 is 4.52 Å². The number of aromatic nitrogens is 2. The number of halogens is 1. The van der Waals surface area contributed by atoms with Crippen molar-refractivity contribution < 1.29 is 4.52 Å². The summed E-state index contributed by atoms with van der Waals surface area (Å²) in [6.07, 6.45) is 2.38. The summed E-state index contributed by atoms with van der Waals surface area (Å²) in [5, 5.41) is 4.00. The summed E-state index contributed by atoms with van der Waals surface area (Å²) < 4.78 is 6.40. The zero-order valence-electron chi connectivity index (χ0n) is 7.98. The Morgan fingerprint density at radius 1 is 1.33 bits per heavy atom. The Kier molecular flexibility index (Phi) is 2.23. The maximum Gasteiger partial charge on any atom is 0.230 e. The fourth-order valence-electron chi connectivity index (χ4n) is 1.48. The highest BCUT2D eigenvalue weighted by Gasteiger charge is 2.29. The van der Waals surface area contributed by atoms with Gasteiger partial charge in [0, 0.05) is 15.1 Å². The lowest BCUT2D eigenvalue weighted by atomic mass is 10.2. The molecular weight excluding hydrogens is 303 g/mol. The van der Waals surface area contributed by atoms with Crippen LogP contribution in [0.1, 0.15) is 24.7 Å². The predicted molar refractivity (Wildman–Crippen MR) is 64.4 cm³/mol. The third kappa shape index (κ3) is 1.90. The first kappa shape index (κ1) is 9.33. The minimum absolute atomic E-state index is 0.522. The summed E-state index contributed by atoms with van der Waals surface area (Å²) in [4.78, 5) is 4.40. The summed E-state index contributed by atoms with van der Waals surface area (Å²) in [6.45, 7) is 0. The van der Waals surface area contributed by atoms with Crippen molar-refractivity contribution in [2.24, 2.45) is 0 Å². The van der Waals surface area contributed by atoms with Crippen LogP contribution in [0.5, 0.6) is 0 Å².